The van der Waals surface area contributed by atoms with Crippen LogP contribution in [0.4, 0.5) is 0 Å². The van der Waals surface area contributed by atoms with Crippen LogP contribution in [0.15, 0.2) is 0 Å². The molecule has 2 rings (SSSR count). The monoisotopic (exact) mass is 309 g/mol. The van der Waals surface area contributed by atoms with Gasteiger partial charge >= 0.3 is 5.97 Å². The van der Waals surface area contributed by atoms with Gasteiger partial charge < -0.3 is 4.74 Å². The molecule has 0 aromatic carbocycles. The van der Waals surface area contributed by atoms with Gasteiger partial charge in [-0.15, -0.1) is 0 Å². The molecule has 0 spiro atoms. The number of carbonyl (C=O) groups excluding carboxylic acids is 1. The largest absolute Gasteiger partial charge is 0.460 e. The fourth-order valence-corrected chi connectivity index (χ4v) is 4.75. The lowest BCUT2D eigenvalue weighted by molar-refractivity contribution is -0.171. The Kier molecular flexibility index (Phi) is 4.97. The van der Waals surface area contributed by atoms with Crippen LogP contribution >= 0.6 is 0 Å². The Bertz CT molecular complexity index is 391. The van der Waals surface area contributed by atoms with Gasteiger partial charge in [0.05, 0.1) is 0 Å². The highest BCUT2D eigenvalue weighted by atomic mass is 16.5. The molecule has 0 radical (unpaired) electrons. The summed E-state index contributed by atoms with van der Waals surface area (Å²) in [5.74, 6) is 0.00565. The lowest BCUT2D eigenvalue weighted by Crippen LogP contribution is -2.51. The van der Waals surface area contributed by atoms with Crippen LogP contribution in [0.2, 0.25) is 0 Å². The smallest absolute Gasteiger partial charge is 0.323 e. The predicted octanol–water partition coefficient (Wildman–Crippen LogP) is 4.40. The Labute approximate surface area is 136 Å². The van der Waals surface area contributed by atoms with Crippen molar-refractivity contribution in [3.63, 3.8) is 0 Å². The van der Waals surface area contributed by atoms with E-state index in [1.807, 2.05) is 0 Å². The Balaban J connectivity index is 2.11. The number of esters is 1. The van der Waals surface area contributed by atoms with Crippen molar-refractivity contribution >= 4 is 5.97 Å². The molecule has 3 atom stereocenters. The van der Waals surface area contributed by atoms with Crippen LogP contribution in [-0.2, 0) is 9.53 Å². The van der Waals surface area contributed by atoms with Crippen LogP contribution in [0.25, 0.3) is 0 Å². The molecule has 22 heavy (non-hydrogen) atoms. The molecule has 0 unspecified atom stereocenters. The molecule has 0 aromatic rings. The fourth-order valence-electron chi connectivity index (χ4n) is 4.75. The van der Waals surface area contributed by atoms with Crippen LogP contribution in [-0.4, -0.2) is 35.1 Å². The number of carbonyl (C=O) groups is 1. The summed E-state index contributed by atoms with van der Waals surface area (Å²) in [5, 5.41) is 0. The second-order valence-corrected chi connectivity index (χ2v) is 9.52. The number of piperidine rings is 1. The summed E-state index contributed by atoms with van der Waals surface area (Å²) in [5.41, 5.74) is -0.0845. The third kappa shape index (κ3) is 3.67. The summed E-state index contributed by atoms with van der Waals surface area (Å²) in [4.78, 5) is 15.3. The van der Waals surface area contributed by atoms with Crippen molar-refractivity contribution in [1.29, 1.82) is 0 Å². The number of rotatable bonds is 2. The van der Waals surface area contributed by atoms with Crippen molar-refractivity contribution in [3.05, 3.63) is 0 Å². The highest BCUT2D eigenvalue weighted by molar-refractivity contribution is 5.76. The molecule has 0 aromatic heterocycles. The van der Waals surface area contributed by atoms with E-state index in [-0.39, 0.29) is 28.9 Å². The van der Waals surface area contributed by atoms with Gasteiger partial charge in [0, 0.05) is 12.1 Å². The highest BCUT2D eigenvalue weighted by Crippen LogP contribution is 2.39. The Hall–Kier alpha value is -0.570. The first-order chi connectivity index (χ1) is 10.0. The van der Waals surface area contributed by atoms with E-state index in [2.05, 4.69) is 53.4 Å². The van der Waals surface area contributed by atoms with Crippen LogP contribution in [0, 0.1) is 10.8 Å². The molecule has 128 valence electrons. The van der Waals surface area contributed by atoms with Gasteiger partial charge in [0.1, 0.15) is 12.1 Å². The summed E-state index contributed by atoms with van der Waals surface area (Å²) in [6, 6.07) is 1.10. The standard InChI is InChI=1S/C19H35NO2/c1-13-9-8-10-14-11-12-15(20(13)14)16(21)22-17(18(2,3)4)19(5,6)7/h13-15,17H,8-12H2,1-7H3/t13-,14-,15-/m0/s1. The van der Waals surface area contributed by atoms with E-state index in [9.17, 15) is 4.79 Å². The van der Waals surface area contributed by atoms with Crippen molar-refractivity contribution in [2.75, 3.05) is 0 Å². The molecular formula is C19H35NO2. The van der Waals surface area contributed by atoms with Crippen LogP contribution < -0.4 is 0 Å². The molecule has 0 bridgehead atoms. The molecule has 0 saturated carbocycles. The van der Waals surface area contributed by atoms with E-state index in [0.717, 1.165) is 12.8 Å². The second kappa shape index (κ2) is 6.14. The average molecular weight is 309 g/mol. The van der Waals surface area contributed by atoms with Crippen LogP contribution in [0.1, 0.15) is 80.6 Å². The number of hydrogen-bond acceptors (Lipinski definition) is 3. The van der Waals surface area contributed by atoms with Crippen molar-refractivity contribution in [2.24, 2.45) is 10.8 Å². The van der Waals surface area contributed by atoms with Gasteiger partial charge in [-0.2, -0.15) is 0 Å². The minimum atomic E-state index is -0.0633. The second-order valence-electron chi connectivity index (χ2n) is 9.52. The van der Waals surface area contributed by atoms with Gasteiger partial charge in [-0.05, 0) is 43.4 Å². The Morgan fingerprint density at radius 1 is 1.00 bits per heavy atom. The highest BCUT2D eigenvalue weighted by Gasteiger charge is 2.45. The third-order valence-electron chi connectivity index (χ3n) is 5.30. The van der Waals surface area contributed by atoms with E-state index >= 15 is 0 Å². The van der Waals surface area contributed by atoms with Gasteiger partial charge in [0.15, 0.2) is 0 Å². The minimum absolute atomic E-state index is 0.00565. The van der Waals surface area contributed by atoms with Gasteiger partial charge in [0.25, 0.3) is 0 Å². The SMILES string of the molecule is C[C@H]1CCC[C@H]2CC[C@@H](C(=O)OC(C(C)(C)C)C(C)(C)C)N21. The van der Waals surface area contributed by atoms with Gasteiger partial charge in [0.2, 0.25) is 0 Å². The minimum Gasteiger partial charge on any atom is -0.460 e. The van der Waals surface area contributed by atoms with Gasteiger partial charge in [-0.3, -0.25) is 9.69 Å². The van der Waals surface area contributed by atoms with E-state index in [1.54, 1.807) is 0 Å². The van der Waals surface area contributed by atoms with E-state index in [4.69, 9.17) is 4.74 Å². The van der Waals surface area contributed by atoms with E-state index in [1.165, 1.54) is 19.3 Å². The van der Waals surface area contributed by atoms with Gasteiger partial charge in [-0.25, -0.2) is 0 Å². The number of nitrogens with zero attached hydrogens (tertiary/aromatic N) is 1. The van der Waals surface area contributed by atoms with E-state index in [0.29, 0.717) is 12.1 Å². The zero-order chi connectivity index (χ0) is 16.7. The zero-order valence-electron chi connectivity index (χ0n) is 15.6. The summed E-state index contributed by atoms with van der Waals surface area (Å²) in [6.07, 6.45) is 5.82. The summed E-state index contributed by atoms with van der Waals surface area (Å²) in [6.45, 7) is 15.2. The quantitative estimate of drug-likeness (QED) is 0.708. The first kappa shape index (κ1) is 17.8. The molecular weight excluding hydrogens is 274 g/mol. The van der Waals surface area contributed by atoms with Gasteiger partial charge in [-0.1, -0.05) is 48.0 Å². The molecule has 0 amide bonds. The van der Waals surface area contributed by atoms with E-state index < -0.39 is 0 Å². The molecule has 0 N–H and O–H groups in total. The first-order valence-corrected chi connectivity index (χ1v) is 8.99. The molecule has 3 nitrogen and oxygen atoms in total. The van der Waals surface area contributed by atoms with Crippen molar-refractivity contribution in [3.8, 4) is 0 Å². The molecule has 2 saturated heterocycles. The maximum absolute atomic E-state index is 12.9. The molecule has 2 fully saturated rings. The lowest BCUT2D eigenvalue weighted by Gasteiger charge is -2.42. The Morgan fingerprint density at radius 2 is 1.59 bits per heavy atom. The average Bonchev–Trinajstić information content (AvgIpc) is 2.78. The lowest BCUT2D eigenvalue weighted by atomic mass is 9.74. The van der Waals surface area contributed by atoms with Crippen LogP contribution in [0.5, 0.6) is 0 Å². The van der Waals surface area contributed by atoms with Crippen LogP contribution in [0.3, 0.4) is 0 Å². The maximum atomic E-state index is 12.9. The number of hydrogen-bond donors (Lipinski definition) is 0. The van der Waals surface area contributed by atoms with Crippen molar-refractivity contribution < 1.29 is 9.53 Å². The topological polar surface area (TPSA) is 29.5 Å². The predicted molar refractivity (Wildman–Crippen MR) is 90.8 cm³/mol. The summed E-state index contributed by atoms with van der Waals surface area (Å²) in [7, 11) is 0. The fraction of sp³-hybridized carbons (Fsp3) is 0.947. The number of ether oxygens (including phenoxy) is 1. The molecule has 3 heteroatoms. The molecule has 2 aliphatic rings. The van der Waals surface area contributed by atoms with Crippen molar-refractivity contribution in [2.45, 2.75) is 105 Å². The summed E-state index contributed by atoms with van der Waals surface area (Å²) >= 11 is 0. The zero-order valence-corrected chi connectivity index (χ0v) is 15.6. The number of fused-ring (bicyclic) bond motifs is 1. The third-order valence-corrected chi connectivity index (χ3v) is 5.30. The molecule has 2 heterocycles. The molecule has 2 aliphatic heterocycles. The Morgan fingerprint density at radius 3 is 2.14 bits per heavy atom. The molecule has 0 aliphatic carbocycles. The maximum Gasteiger partial charge on any atom is 0.323 e. The first-order valence-electron chi connectivity index (χ1n) is 8.99. The van der Waals surface area contributed by atoms with Crippen molar-refractivity contribution in [1.82, 2.24) is 4.90 Å². The normalized spacial score (nSPS) is 30.5. The summed E-state index contributed by atoms with van der Waals surface area (Å²) < 4.78 is 6.08.